The van der Waals surface area contributed by atoms with Crippen LogP contribution in [-0.2, 0) is 4.79 Å². The monoisotopic (exact) mass is 431 g/mol. The van der Waals surface area contributed by atoms with Gasteiger partial charge >= 0.3 is 0 Å². The van der Waals surface area contributed by atoms with Crippen molar-refractivity contribution in [1.82, 2.24) is 15.2 Å². The Bertz CT molecular complexity index is 1050. The van der Waals surface area contributed by atoms with Crippen LogP contribution in [0.3, 0.4) is 0 Å². The van der Waals surface area contributed by atoms with Gasteiger partial charge in [0.2, 0.25) is 0 Å². The highest BCUT2D eigenvalue weighted by atomic mass is 16.1. The number of aromatic nitrogens is 1. The Balaban J connectivity index is 1.81. The molecule has 0 fully saturated rings. The summed E-state index contributed by atoms with van der Waals surface area (Å²) in [6.45, 7) is 6.89. The molecule has 32 heavy (non-hydrogen) atoms. The highest BCUT2D eigenvalue weighted by Gasteiger charge is 2.11. The van der Waals surface area contributed by atoms with Crippen molar-refractivity contribution in [2.75, 3.05) is 32.0 Å². The summed E-state index contributed by atoms with van der Waals surface area (Å²) in [6.07, 6.45) is 13.0. The van der Waals surface area contributed by atoms with Gasteiger partial charge in [-0.15, -0.1) is 0 Å². The number of allylic oxidation sites excluding steroid dienone is 3. The third-order valence-electron chi connectivity index (χ3n) is 5.62. The summed E-state index contributed by atoms with van der Waals surface area (Å²) in [5.41, 5.74) is 2.45. The highest BCUT2D eigenvalue weighted by molar-refractivity contribution is 6.09. The summed E-state index contributed by atoms with van der Waals surface area (Å²) < 4.78 is 0. The van der Waals surface area contributed by atoms with E-state index in [0.717, 1.165) is 54.4 Å². The number of hydrogen-bond acceptors (Lipinski definition) is 5. The number of hydrogen-bond donors (Lipinski definition) is 3. The van der Waals surface area contributed by atoms with Crippen LogP contribution >= 0.6 is 0 Å². The van der Waals surface area contributed by atoms with Crippen LogP contribution in [0.15, 0.2) is 60.3 Å². The van der Waals surface area contributed by atoms with Gasteiger partial charge in [-0.1, -0.05) is 36.4 Å². The zero-order chi connectivity index (χ0) is 22.9. The Morgan fingerprint density at radius 2 is 2.12 bits per heavy atom. The van der Waals surface area contributed by atoms with Gasteiger partial charge in [-0.25, -0.2) is 4.98 Å². The highest BCUT2D eigenvalue weighted by Crippen LogP contribution is 2.22. The number of likely N-dealkylation sites (N-methyl/N-ethyl adjacent to an activating group) is 1. The van der Waals surface area contributed by atoms with Gasteiger partial charge in [0.05, 0.1) is 0 Å². The first-order chi connectivity index (χ1) is 15.5. The number of fused-ring (bicyclic) bond motifs is 1. The van der Waals surface area contributed by atoms with Crippen molar-refractivity contribution < 1.29 is 4.79 Å². The normalized spacial score (nSPS) is 21.7. The van der Waals surface area contributed by atoms with Crippen LogP contribution in [0.1, 0.15) is 32.3 Å². The minimum atomic E-state index is -0.166. The van der Waals surface area contributed by atoms with Gasteiger partial charge in [0, 0.05) is 42.5 Å². The van der Waals surface area contributed by atoms with E-state index in [1.165, 1.54) is 6.21 Å². The number of pyridine rings is 1. The Hall–Kier alpha value is -3.09. The van der Waals surface area contributed by atoms with Crippen molar-refractivity contribution in [3.05, 3.63) is 65.9 Å². The molecular formula is C26H33N5O. The lowest BCUT2D eigenvalue weighted by Gasteiger charge is -2.19. The molecule has 0 saturated carbocycles. The molecule has 1 aliphatic heterocycles. The van der Waals surface area contributed by atoms with Crippen LogP contribution in [-0.4, -0.2) is 54.7 Å². The molecule has 0 aliphatic carbocycles. The number of carbonyl (C=O) groups excluding carboxylic acids is 1. The second-order valence-electron chi connectivity index (χ2n) is 8.19. The van der Waals surface area contributed by atoms with Crippen LogP contribution in [0, 0.1) is 5.41 Å². The summed E-state index contributed by atoms with van der Waals surface area (Å²) in [4.78, 5) is 19.8. The quantitative estimate of drug-likeness (QED) is 0.626. The van der Waals surface area contributed by atoms with E-state index < -0.39 is 0 Å². The minimum Gasteiger partial charge on any atom is -0.309 e. The summed E-state index contributed by atoms with van der Waals surface area (Å²) in [5.74, 6) is 0.347. The van der Waals surface area contributed by atoms with E-state index in [1.54, 1.807) is 6.20 Å². The fraction of sp³-hybridized carbons (Fsp3) is 0.346. The Labute approximate surface area is 190 Å². The maximum absolute atomic E-state index is 13.0. The van der Waals surface area contributed by atoms with E-state index in [4.69, 9.17) is 5.41 Å². The molecule has 3 rings (SSSR count). The largest absolute Gasteiger partial charge is 0.309 e. The van der Waals surface area contributed by atoms with E-state index in [9.17, 15) is 4.79 Å². The molecule has 6 nitrogen and oxygen atoms in total. The fourth-order valence-electron chi connectivity index (χ4n) is 3.73. The SMILES string of the molecule is C/C=C(\C=N)c1ccc2cnc(NC(=O)C3=C/C(C)NCCN(C)CCC/C=C\3)cc2c1. The second-order valence-corrected chi connectivity index (χ2v) is 8.19. The molecule has 0 spiro atoms. The molecule has 1 aliphatic rings. The van der Waals surface area contributed by atoms with Gasteiger partial charge in [0.1, 0.15) is 5.82 Å². The number of carbonyl (C=O) groups is 1. The van der Waals surface area contributed by atoms with Crippen LogP contribution in [0.2, 0.25) is 0 Å². The second kappa shape index (κ2) is 11.5. The molecule has 2 aromatic rings. The van der Waals surface area contributed by atoms with Crippen LogP contribution < -0.4 is 10.6 Å². The van der Waals surface area contributed by atoms with Gasteiger partial charge in [-0.3, -0.25) is 4.79 Å². The van der Waals surface area contributed by atoms with Crippen LogP contribution in [0.25, 0.3) is 16.3 Å². The molecular weight excluding hydrogens is 398 g/mol. The lowest BCUT2D eigenvalue weighted by Crippen LogP contribution is -2.34. The average molecular weight is 432 g/mol. The summed E-state index contributed by atoms with van der Waals surface area (Å²) in [7, 11) is 2.14. The van der Waals surface area contributed by atoms with Gasteiger partial charge in [0.15, 0.2) is 0 Å². The first-order valence-corrected chi connectivity index (χ1v) is 11.2. The van der Waals surface area contributed by atoms with Crippen LogP contribution in [0.4, 0.5) is 5.82 Å². The summed E-state index contributed by atoms with van der Waals surface area (Å²) in [5, 5.41) is 16.0. The van der Waals surface area contributed by atoms with Crippen molar-refractivity contribution in [3.8, 4) is 0 Å². The number of nitrogens with one attached hydrogen (secondary N) is 3. The maximum Gasteiger partial charge on any atom is 0.256 e. The average Bonchev–Trinajstić information content (AvgIpc) is 2.77. The topological polar surface area (TPSA) is 81.1 Å². The van der Waals surface area contributed by atoms with Crippen molar-refractivity contribution in [1.29, 1.82) is 5.41 Å². The number of rotatable bonds is 4. The van der Waals surface area contributed by atoms with E-state index in [0.29, 0.717) is 11.4 Å². The molecule has 1 unspecified atom stereocenters. The predicted octanol–water partition coefficient (Wildman–Crippen LogP) is 4.41. The van der Waals surface area contributed by atoms with Crippen molar-refractivity contribution >= 4 is 34.3 Å². The number of anilines is 1. The third kappa shape index (κ3) is 6.45. The molecule has 2 heterocycles. The molecule has 0 radical (unpaired) electrons. The summed E-state index contributed by atoms with van der Waals surface area (Å²) in [6, 6.07) is 7.95. The van der Waals surface area contributed by atoms with Crippen molar-refractivity contribution in [2.24, 2.45) is 0 Å². The lowest BCUT2D eigenvalue weighted by molar-refractivity contribution is -0.112. The molecule has 1 amide bonds. The fourth-order valence-corrected chi connectivity index (χ4v) is 3.73. The van der Waals surface area contributed by atoms with E-state index in [1.807, 2.05) is 49.4 Å². The maximum atomic E-state index is 13.0. The van der Waals surface area contributed by atoms with E-state index in [-0.39, 0.29) is 11.9 Å². The molecule has 0 bridgehead atoms. The van der Waals surface area contributed by atoms with Gasteiger partial charge in [-0.2, -0.15) is 0 Å². The first-order valence-electron chi connectivity index (χ1n) is 11.2. The summed E-state index contributed by atoms with van der Waals surface area (Å²) >= 11 is 0. The number of benzene rings is 1. The van der Waals surface area contributed by atoms with Gasteiger partial charge < -0.3 is 20.9 Å². The minimum absolute atomic E-state index is 0.0840. The molecule has 168 valence electrons. The Morgan fingerprint density at radius 1 is 1.28 bits per heavy atom. The van der Waals surface area contributed by atoms with E-state index >= 15 is 0 Å². The lowest BCUT2D eigenvalue weighted by atomic mass is 10.0. The molecule has 6 heteroatoms. The van der Waals surface area contributed by atoms with Gasteiger partial charge in [-0.05, 0) is 68.9 Å². The molecule has 1 aromatic heterocycles. The van der Waals surface area contributed by atoms with Crippen LogP contribution in [0.5, 0.6) is 0 Å². The first kappa shape index (κ1) is 23.6. The predicted molar refractivity (Wildman–Crippen MR) is 134 cm³/mol. The molecule has 0 saturated heterocycles. The number of amides is 1. The zero-order valence-electron chi connectivity index (χ0n) is 19.2. The molecule has 3 N–H and O–H groups in total. The third-order valence-corrected chi connectivity index (χ3v) is 5.62. The Morgan fingerprint density at radius 3 is 2.91 bits per heavy atom. The molecule has 1 atom stereocenters. The van der Waals surface area contributed by atoms with Gasteiger partial charge in [0.25, 0.3) is 5.91 Å². The van der Waals surface area contributed by atoms with E-state index in [2.05, 4.69) is 40.6 Å². The Kier molecular flexibility index (Phi) is 8.48. The van der Waals surface area contributed by atoms with Crippen molar-refractivity contribution in [3.63, 3.8) is 0 Å². The smallest absolute Gasteiger partial charge is 0.256 e. The zero-order valence-corrected chi connectivity index (χ0v) is 19.2. The molecule has 1 aromatic carbocycles. The standard InChI is InChI=1S/C26H33N5O/c1-4-20(17-27)21-9-10-23-18-29-25(16-24(23)15-21)30-26(32)22-8-6-5-7-12-31(3)13-11-28-19(2)14-22/h4,6,8-10,14-19,27-28H,5,7,11-13H2,1-3H3,(H,29,30,32)/b8-6-,20-4+,22-14+,27-17?. The number of nitrogens with zero attached hydrogens (tertiary/aromatic N) is 2. The van der Waals surface area contributed by atoms with Crippen molar-refractivity contribution in [2.45, 2.75) is 32.7 Å².